The van der Waals surface area contributed by atoms with Gasteiger partial charge in [-0.1, -0.05) is 23.7 Å². The molecule has 0 aromatic heterocycles. The zero-order valence-corrected chi connectivity index (χ0v) is 8.59. The molecule has 0 amide bonds. The van der Waals surface area contributed by atoms with Gasteiger partial charge < -0.3 is 0 Å². The van der Waals surface area contributed by atoms with Gasteiger partial charge in [-0.15, -0.1) is 0 Å². The van der Waals surface area contributed by atoms with Gasteiger partial charge in [0.05, 0.1) is 0 Å². The Morgan fingerprint density at radius 3 is 2.92 bits per heavy atom. The van der Waals surface area contributed by atoms with Crippen molar-refractivity contribution in [2.45, 2.75) is 18.9 Å². The van der Waals surface area contributed by atoms with Crippen molar-refractivity contribution in [3.63, 3.8) is 0 Å². The summed E-state index contributed by atoms with van der Waals surface area (Å²) in [7, 11) is 2.18. The molecule has 2 heteroatoms. The number of nitrogens with zero attached hydrogens (tertiary/aromatic N) is 1. The predicted molar refractivity (Wildman–Crippen MR) is 56.1 cm³/mol. The van der Waals surface area contributed by atoms with Gasteiger partial charge in [-0.05, 0) is 44.1 Å². The van der Waals surface area contributed by atoms with E-state index in [1.165, 1.54) is 24.9 Å². The van der Waals surface area contributed by atoms with Crippen LogP contribution >= 0.6 is 11.6 Å². The molecule has 0 unspecified atom stereocenters. The van der Waals surface area contributed by atoms with Crippen LogP contribution in [-0.4, -0.2) is 18.5 Å². The number of halogens is 1. The van der Waals surface area contributed by atoms with E-state index in [0.29, 0.717) is 6.04 Å². The molecule has 1 aliphatic heterocycles. The summed E-state index contributed by atoms with van der Waals surface area (Å²) in [6.45, 7) is 1.21. The second-order valence-corrected chi connectivity index (χ2v) is 4.13. The third-order valence-electron chi connectivity index (χ3n) is 2.75. The Bertz CT molecular complexity index is 298. The molecule has 0 aliphatic carbocycles. The van der Waals surface area contributed by atoms with E-state index in [9.17, 15) is 0 Å². The van der Waals surface area contributed by atoms with E-state index < -0.39 is 0 Å². The fourth-order valence-electron chi connectivity index (χ4n) is 2.05. The van der Waals surface area contributed by atoms with Crippen molar-refractivity contribution in [1.29, 1.82) is 0 Å². The Balaban J connectivity index is 2.24. The van der Waals surface area contributed by atoms with E-state index in [1.807, 2.05) is 12.1 Å². The second kappa shape index (κ2) is 3.69. The van der Waals surface area contributed by atoms with Gasteiger partial charge in [0, 0.05) is 11.1 Å². The normalized spacial score (nSPS) is 23.7. The fraction of sp³-hybridized carbons (Fsp3) is 0.455. The molecule has 13 heavy (non-hydrogen) atoms. The Labute approximate surface area is 84.3 Å². The number of hydrogen-bond acceptors (Lipinski definition) is 1. The van der Waals surface area contributed by atoms with E-state index >= 15 is 0 Å². The van der Waals surface area contributed by atoms with Gasteiger partial charge in [0.1, 0.15) is 0 Å². The van der Waals surface area contributed by atoms with Gasteiger partial charge in [-0.3, -0.25) is 4.90 Å². The quantitative estimate of drug-likeness (QED) is 0.666. The molecule has 1 aromatic rings. The summed E-state index contributed by atoms with van der Waals surface area (Å²) >= 11 is 5.95. The molecule has 70 valence electrons. The number of hydrogen-bond donors (Lipinski definition) is 0. The Morgan fingerprint density at radius 2 is 2.31 bits per heavy atom. The highest BCUT2D eigenvalue weighted by molar-refractivity contribution is 6.30. The first kappa shape index (κ1) is 9.04. The lowest BCUT2D eigenvalue weighted by Gasteiger charge is -2.19. The molecule has 1 heterocycles. The number of benzene rings is 1. The van der Waals surface area contributed by atoms with Gasteiger partial charge >= 0.3 is 0 Å². The second-order valence-electron chi connectivity index (χ2n) is 3.69. The monoisotopic (exact) mass is 195 g/mol. The van der Waals surface area contributed by atoms with Gasteiger partial charge in [0.25, 0.3) is 0 Å². The first-order valence-corrected chi connectivity index (χ1v) is 5.11. The van der Waals surface area contributed by atoms with E-state index in [4.69, 9.17) is 11.6 Å². The van der Waals surface area contributed by atoms with Crippen molar-refractivity contribution in [1.82, 2.24) is 4.90 Å². The molecule has 1 nitrogen and oxygen atoms in total. The summed E-state index contributed by atoms with van der Waals surface area (Å²) in [4.78, 5) is 2.39. The molecule has 1 aromatic carbocycles. The predicted octanol–water partition coefficient (Wildman–Crippen LogP) is 3.11. The molecule has 1 saturated heterocycles. The minimum Gasteiger partial charge on any atom is -0.299 e. The van der Waals surface area contributed by atoms with Crippen LogP contribution in [0.1, 0.15) is 24.4 Å². The van der Waals surface area contributed by atoms with Crippen molar-refractivity contribution in [2.75, 3.05) is 13.6 Å². The average Bonchev–Trinajstić information content (AvgIpc) is 2.51. The topological polar surface area (TPSA) is 3.24 Å². The van der Waals surface area contributed by atoms with Crippen LogP contribution in [0, 0.1) is 0 Å². The molecule has 0 bridgehead atoms. The average molecular weight is 196 g/mol. The first-order valence-electron chi connectivity index (χ1n) is 4.73. The molecule has 0 radical (unpaired) electrons. The van der Waals surface area contributed by atoms with Crippen molar-refractivity contribution in [3.05, 3.63) is 34.9 Å². The van der Waals surface area contributed by atoms with E-state index in [-0.39, 0.29) is 0 Å². The summed E-state index contributed by atoms with van der Waals surface area (Å²) in [6, 6.07) is 8.79. The first-order chi connectivity index (χ1) is 6.27. The minimum atomic E-state index is 0.582. The summed E-state index contributed by atoms with van der Waals surface area (Å²) in [5.74, 6) is 0. The van der Waals surface area contributed by atoms with Crippen LogP contribution in [-0.2, 0) is 0 Å². The number of rotatable bonds is 1. The molecule has 1 aliphatic rings. The highest BCUT2D eigenvalue weighted by Gasteiger charge is 2.22. The van der Waals surface area contributed by atoms with Crippen molar-refractivity contribution >= 4 is 11.6 Å². The largest absolute Gasteiger partial charge is 0.299 e. The van der Waals surface area contributed by atoms with Crippen molar-refractivity contribution in [2.24, 2.45) is 0 Å². The van der Waals surface area contributed by atoms with Crippen LogP contribution < -0.4 is 0 Å². The lowest BCUT2D eigenvalue weighted by molar-refractivity contribution is 0.317. The van der Waals surface area contributed by atoms with E-state index in [2.05, 4.69) is 24.1 Å². The maximum absolute atomic E-state index is 5.95. The third kappa shape index (κ3) is 1.87. The smallest absolute Gasteiger partial charge is 0.0409 e. The van der Waals surface area contributed by atoms with Crippen LogP contribution in [0.3, 0.4) is 0 Å². The molecule has 0 saturated carbocycles. The summed E-state index contributed by atoms with van der Waals surface area (Å²) in [6.07, 6.45) is 2.56. The number of likely N-dealkylation sites (tertiary alicyclic amines) is 1. The van der Waals surface area contributed by atoms with Gasteiger partial charge in [0.15, 0.2) is 0 Å². The van der Waals surface area contributed by atoms with Crippen LogP contribution in [0.15, 0.2) is 24.3 Å². The van der Waals surface area contributed by atoms with Gasteiger partial charge in [0.2, 0.25) is 0 Å². The Morgan fingerprint density at radius 1 is 1.46 bits per heavy atom. The van der Waals surface area contributed by atoms with Crippen LogP contribution in [0.2, 0.25) is 5.02 Å². The Hall–Kier alpha value is -0.530. The lowest BCUT2D eigenvalue weighted by Crippen LogP contribution is -2.17. The molecule has 0 N–H and O–H groups in total. The molecule has 1 atom stereocenters. The SMILES string of the molecule is CN1CCC[C@H]1c1cccc(Cl)c1. The maximum atomic E-state index is 5.95. The van der Waals surface area contributed by atoms with E-state index in [1.54, 1.807) is 0 Å². The molecular formula is C11H14ClN. The highest BCUT2D eigenvalue weighted by Crippen LogP contribution is 2.31. The summed E-state index contributed by atoms with van der Waals surface area (Å²) in [5.41, 5.74) is 1.35. The lowest BCUT2D eigenvalue weighted by atomic mass is 10.1. The van der Waals surface area contributed by atoms with Crippen molar-refractivity contribution < 1.29 is 0 Å². The van der Waals surface area contributed by atoms with Crippen LogP contribution in [0.5, 0.6) is 0 Å². The maximum Gasteiger partial charge on any atom is 0.0409 e. The minimum absolute atomic E-state index is 0.582. The fourth-order valence-corrected chi connectivity index (χ4v) is 2.24. The van der Waals surface area contributed by atoms with Gasteiger partial charge in [-0.25, -0.2) is 0 Å². The summed E-state index contributed by atoms with van der Waals surface area (Å²) < 4.78 is 0. The van der Waals surface area contributed by atoms with Crippen LogP contribution in [0.25, 0.3) is 0 Å². The van der Waals surface area contributed by atoms with Crippen molar-refractivity contribution in [3.8, 4) is 0 Å². The highest BCUT2D eigenvalue weighted by atomic mass is 35.5. The Kier molecular flexibility index (Phi) is 2.56. The molecule has 1 fully saturated rings. The standard InChI is InChI=1S/C11H14ClN/c1-13-7-3-6-11(13)9-4-2-5-10(12)8-9/h2,4-5,8,11H,3,6-7H2,1H3/t11-/m0/s1. The van der Waals surface area contributed by atoms with Crippen LogP contribution in [0.4, 0.5) is 0 Å². The van der Waals surface area contributed by atoms with E-state index in [0.717, 1.165) is 5.02 Å². The molecular weight excluding hydrogens is 182 g/mol. The zero-order chi connectivity index (χ0) is 9.26. The summed E-state index contributed by atoms with van der Waals surface area (Å²) in [5, 5.41) is 0.845. The van der Waals surface area contributed by atoms with Gasteiger partial charge in [-0.2, -0.15) is 0 Å². The molecule has 0 spiro atoms. The molecule has 2 rings (SSSR count). The third-order valence-corrected chi connectivity index (χ3v) is 2.99. The zero-order valence-electron chi connectivity index (χ0n) is 7.83.